The van der Waals surface area contributed by atoms with Crippen LogP contribution in [0.4, 0.5) is 0 Å². The smallest absolute Gasteiger partial charge is 0.0375 e. The first-order valence-corrected chi connectivity index (χ1v) is 3.60. The van der Waals surface area contributed by atoms with E-state index in [0.717, 1.165) is 16.8 Å². The predicted octanol–water partition coefficient (Wildman–Crippen LogP) is 2.09. The van der Waals surface area contributed by atoms with Crippen molar-refractivity contribution in [2.24, 2.45) is 0 Å². The highest BCUT2D eigenvalue weighted by Gasteiger charge is 1.99. The van der Waals surface area contributed by atoms with Crippen LogP contribution in [0.3, 0.4) is 0 Å². The Kier molecular flexibility index (Phi) is 2.03. The van der Waals surface area contributed by atoms with E-state index in [4.69, 9.17) is 5.41 Å². The fourth-order valence-electron chi connectivity index (χ4n) is 1.09. The summed E-state index contributed by atoms with van der Waals surface area (Å²) >= 11 is 0. The average molecular weight is 148 g/mol. The molecule has 0 aliphatic rings. The van der Waals surface area contributed by atoms with Gasteiger partial charge in [0.2, 0.25) is 0 Å². The molecule has 0 aromatic carbocycles. The standard InChI is InChI=1S/C9H12N2/c1-6-4-7(2)11-5-9(6)8(3)10/h4-5,10H,1-3H3. The van der Waals surface area contributed by atoms with Crippen LogP contribution >= 0.6 is 0 Å². The molecule has 0 unspecified atom stereocenters. The maximum absolute atomic E-state index is 7.41. The van der Waals surface area contributed by atoms with Gasteiger partial charge in [0.05, 0.1) is 0 Å². The molecule has 58 valence electrons. The number of aromatic nitrogens is 1. The van der Waals surface area contributed by atoms with Gasteiger partial charge in [0.25, 0.3) is 0 Å². The van der Waals surface area contributed by atoms with Crippen LogP contribution in [-0.4, -0.2) is 10.7 Å². The van der Waals surface area contributed by atoms with Crippen LogP contribution in [0.25, 0.3) is 0 Å². The molecular weight excluding hydrogens is 136 g/mol. The number of hydrogen-bond acceptors (Lipinski definition) is 2. The maximum atomic E-state index is 7.41. The summed E-state index contributed by atoms with van der Waals surface area (Å²) < 4.78 is 0. The molecule has 0 fully saturated rings. The highest BCUT2D eigenvalue weighted by molar-refractivity contribution is 5.97. The molecule has 0 saturated carbocycles. The summed E-state index contributed by atoms with van der Waals surface area (Å²) in [6, 6.07) is 1.99. The molecule has 1 N–H and O–H groups in total. The van der Waals surface area contributed by atoms with Gasteiger partial charge in [0, 0.05) is 23.2 Å². The third kappa shape index (κ3) is 1.64. The molecule has 0 radical (unpaired) electrons. The molecule has 0 aliphatic heterocycles. The SMILES string of the molecule is CC(=N)c1cnc(C)cc1C. The first-order chi connectivity index (χ1) is 5.11. The topological polar surface area (TPSA) is 36.7 Å². The van der Waals surface area contributed by atoms with Crippen LogP contribution in [0.2, 0.25) is 0 Å². The van der Waals surface area contributed by atoms with Crippen molar-refractivity contribution >= 4 is 5.71 Å². The van der Waals surface area contributed by atoms with Crippen molar-refractivity contribution in [3.63, 3.8) is 0 Å². The lowest BCUT2D eigenvalue weighted by atomic mass is 10.1. The number of aryl methyl sites for hydroxylation is 2. The highest BCUT2D eigenvalue weighted by Crippen LogP contribution is 2.07. The third-order valence-electron chi connectivity index (χ3n) is 1.65. The van der Waals surface area contributed by atoms with E-state index in [0.29, 0.717) is 5.71 Å². The van der Waals surface area contributed by atoms with Gasteiger partial charge >= 0.3 is 0 Å². The second kappa shape index (κ2) is 2.82. The summed E-state index contributed by atoms with van der Waals surface area (Å²) in [6.45, 7) is 5.73. The van der Waals surface area contributed by atoms with Gasteiger partial charge in [-0.25, -0.2) is 0 Å². The van der Waals surface area contributed by atoms with Gasteiger partial charge < -0.3 is 5.41 Å². The van der Waals surface area contributed by atoms with Crippen molar-refractivity contribution in [3.05, 3.63) is 29.1 Å². The van der Waals surface area contributed by atoms with Crippen molar-refractivity contribution in [3.8, 4) is 0 Å². The molecule has 2 heteroatoms. The normalized spacial score (nSPS) is 9.73. The summed E-state index contributed by atoms with van der Waals surface area (Å²) in [6.07, 6.45) is 1.76. The molecule has 0 saturated heterocycles. The molecular formula is C9H12N2. The van der Waals surface area contributed by atoms with Crippen LogP contribution in [0.1, 0.15) is 23.7 Å². The van der Waals surface area contributed by atoms with Crippen LogP contribution in [0.5, 0.6) is 0 Å². The summed E-state index contributed by atoms with van der Waals surface area (Å²) in [4.78, 5) is 4.12. The van der Waals surface area contributed by atoms with Gasteiger partial charge in [-0.3, -0.25) is 4.98 Å². The van der Waals surface area contributed by atoms with Gasteiger partial charge in [-0.15, -0.1) is 0 Å². The molecule has 1 heterocycles. The molecule has 2 nitrogen and oxygen atoms in total. The number of pyridine rings is 1. The molecule has 1 aromatic heterocycles. The lowest BCUT2D eigenvalue weighted by Crippen LogP contribution is -1.97. The van der Waals surface area contributed by atoms with Crippen molar-refractivity contribution in [1.82, 2.24) is 4.98 Å². The zero-order valence-corrected chi connectivity index (χ0v) is 7.10. The molecule has 1 rings (SSSR count). The molecule has 0 aliphatic carbocycles. The first-order valence-electron chi connectivity index (χ1n) is 3.60. The van der Waals surface area contributed by atoms with Gasteiger partial charge in [-0.1, -0.05) is 0 Å². The highest BCUT2D eigenvalue weighted by atomic mass is 14.7. The lowest BCUT2D eigenvalue weighted by molar-refractivity contribution is 1.16. The molecule has 0 atom stereocenters. The quantitative estimate of drug-likeness (QED) is 0.608. The Morgan fingerprint density at radius 2 is 2.09 bits per heavy atom. The largest absolute Gasteiger partial charge is 0.305 e. The number of hydrogen-bond donors (Lipinski definition) is 1. The predicted molar refractivity (Wildman–Crippen MR) is 46.2 cm³/mol. The van der Waals surface area contributed by atoms with Gasteiger partial charge in [0.15, 0.2) is 0 Å². The molecule has 0 amide bonds. The van der Waals surface area contributed by atoms with E-state index in [-0.39, 0.29) is 0 Å². The summed E-state index contributed by atoms with van der Waals surface area (Å²) in [5, 5.41) is 7.41. The number of rotatable bonds is 1. The average Bonchev–Trinajstić information content (AvgIpc) is 1.85. The Morgan fingerprint density at radius 3 is 2.55 bits per heavy atom. The maximum Gasteiger partial charge on any atom is 0.0375 e. The second-order valence-corrected chi connectivity index (χ2v) is 2.77. The third-order valence-corrected chi connectivity index (χ3v) is 1.65. The van der Waals surface area contributed by atoms with Gasteiger partial charge in [-0.05, 0) is 32.4 Å². The number of nitrogens with one attached hydrogen (secondary N) is 1. The van der Waals surface area contributed by atoms with Crippen LogP contribution in [-0.2, 0) is 0 Å². The van der Waals surface area contributed by atoms with Gasteiger partial charge in [-0.2, -0.15) is 0 Å². The second-order valence-electron chi connectivity index (χ2n) is 2.77. The Morgan fingerprint density at radius 1 is 1.45 bits per heavy atom. The first kappa shape index (κ1) is 7.92. The minimum Gasteiger partial charge on any atom is -0.305 e. The summed E-state index contributed by atoms with van der Waals surface area (Å²) in [5.41, 5.74) is 3.66. The van der Waals surface area contributed by atoms with E-state index in [2.05, 4.69) is 4.98 Å². The van der Waals surface area contributed by atoms with E-state index in [1.807, 2.05) is 19.9 Å². The fourth-order valence-corrected chi connectivity index (χ4v) is 1.09. The molecule has 0 bridgehead atoms. The Hall–Kier alpha value is -1.18. The Bertz CT molecular complexity index is 290. The Labute approximate surface area is 66.8 Å². The zero-order valence-electron chi connectivity index (χ0n) is 7.10. The van der Waals surface area contributed by atoms with Crippen molar-refractivity contribution < 1.29 is 0 Å². The molecule has 1 aromatic rings. The van der Waals surface area contributed by atoms with E-state index in [9.17, 15) is 0 Å². The van der Waals surface area contributed by atoms with Crippen LogP contribution < -0.4 is 0 Å². The summed E-state index contributed by atoms with van der Waals surface area (Å²) in [5.74, 6) is 0. The van der Waals surface area contributed by atoms with Gasteiger partial charge in [0.1, 0.15) is 0 Å². The lowest BCUT2D eigenvalue weighted by Gasteiger charge is -2.02. The van der Waals surface area contributed by atoms with E-state index in [1.165, 1.54) is 0 Å². The van der Waals surface area contributed by atoms with Crippen molar-refractivity contribution in [1.29, 1.82) is 5.41 Å². The van der Waals surface area contributed by atoms with E-state index in [1.54, 1.807) is 13.1 Å². The minimum absolute atomic E-state index is 0.579. The van der Waals surface area contributed by atoms with Crippen molar-refractivity contribution in [2.45, 2.75) is 20.8 Å². The van der Waals surface area contributed by atoms with Crippen LogP contribution in [0.15, 0.2) is 12.3 Å². The van der Waals surface area contributed by atoms with E-state index >= 15 is 0 Å². The zero-order chi connectivity index (χ0) is 8.43. The number of nitrogens with zero attached hydrogens (tertiary/aromatic N) is 1. The fraction of sp³-hybridized carbons (Fsp3) is 0.333. The molecule has 0 spiro atoms. The van der Waals surface area contributed by atoms with E-state index < -0.39 is 0 Å². The monoisotopic (exact) mass is 148 g/mol. The minimum atomic E-state index is 0.579. The van der Waals surface area contributed by atoms with Crippen molar-refractivity contribution in [2.75, 3.05) is 0 Å². The van der Waals surface area contributed by atoms with Crippen LogP contribution in [0, 0.1) is 19.3 Å². The Balaban J connectivity index is 3.20. The molecule has 11 heavy (non-hydrogen) atoms. The summed E-state index contributed by atoms with van der Waals surface area (Å²) in [7, 11) is 0.